The Balaban J connectivity index is 1.89. The molecule has 96 valence electrons. The van der Waals surface area contributed by atoms with Crippen LogP contribution in [0.3, 0.4) is 0 Å². The number of aromatic nitrogens is 1. The Labute approximate surface area is 122 Å². The highest BCUT2D eigenvalue weighted by atomic mass is 32.2. The third-order valence-electron chi connectivity index (χ3n) is 3.12. The van der Waals surface area contributed by atoms with E-state index in [-0.39, 0.29) is 0 Å². The highest BCUT2D eigenvalue weighted by Gasteiger charge is 2.05. The first-order valence-corrected chi connectivity index (χ1v) is 7.31. The zero-order valence-electron chi connectivity index (χ0n) is 10.8. The lowest BCUT2D eigenvalue weighted by atomic mass is 10.1. The molecular formula is C17H12N2S. The van der Waals surface area contributed by atoms with Crippen LogP contribution in [0.4, 0.5) is 0 Å². The van der Waals surface area contributed by atoms with Crippen molar-refractivity contribution in [3.63, 3.8) is 0 Å². The van der Waals surface area contributed by atoms with Crippen molar-refractivity contribution >= 4 is 22.7 Å². The topological polar surface area (TPSA) is 36.7 Å². The van der Waals surface area contributed by atoms with Crippen LogP contribution in [0.1, 0.15) is 11.1 Å². The summed E-state index contributed by atoms with van der Waals surface area (Å²) >= 11 is 1.72. The van der Waals surface area contributed by atoms with Crippen molar-refractivity contribution in [2.75, 3.05) is 0 Å². The molecule has 0 N–H and O–H groups in total. The molecule has 0 fully saturated rings. The molecule has 1 heterocycles. The second-order valence-electron chi connectivity index (χ2n) is 4.39. The molecular weight excluding hydrogens is 264 g/mol. The third-order valence-corrected chi connectivity index (χ3v) is 4.21. The molecule has 0 aliphatic heterocycles. The monoisotopic (exact) mass is 276 g/mol. The predicted molar refractivity (Wildman–Crippen MR) is 82.5 cm³/mol. The molecule has 0 aliphatic rings. The first-order chi connectivity index (χ1) is 9.88. The molecule has 0 saturated heterocycles. The van der Waals surface area contributed by atoms with Crippen LogP contribution < -0.4 is 0 Å². The number of para-hydroxylation sites is 1. The number of hydrogen-bond donors (Lipinski definition) is 0. The summed E-state index contributed by atoms with van der Waals surface area (Å²) in [4.78, 5) is 5.60. The molecule has 0 spiro atoms. The normalized spacial score (nSPS) is 10.3. The Bertz CT molecular complexity index is 785. The number of rotatable bonds is 3. The lowest BCUT2D eigenvalue weighted by molar-refractivity contribution is 1.32. The number of pyridine rings is 1. The average Bonchev–Trinajstić information content (AvgIpc) is 2.53. The first kappa shape index (κ1) is 12.7. The lowest BCUT2D eigenvalue weighted by Crippen LogP contribution is -1.88. The molecule has 0 unspecified atom stereocenters. The minimum Gasteiger partial charge on any atom is -0.255 e. The first-order valence-electron chi connectivity index (χ1n) is 6.33. The van der Waals surface area contributed by atoms with Gasteiger partial charge < -0.3 is 0 Å². The van der Waals surface area contributed by atoms with Crippen LogP contribution in [-0.2, 0) is 5.75 Å². The SMILES string of the molecule is N#Cc1ccccc1CSc1cccc2cccnc12. The summed E-state index contributed by atoms with van der Waals surface area (Å²) in [5.74, 6) is 0.777. The fourth-order valence-electron chi connectivity index (χ4n) is 2.10. The maximum absolute atomic E-state index is 9.12. The van der Waals surface area contributed by atoms with Gasteiger partial charge in [-0.05, 0) is 23.8 Å². The third kappa shape index (κ3) is 2.52. The largest absolute Gasteiger partial charge is 0.255 e. The van der Waals surface area contributed by atoms with E-state index in [9.17, 15) is 0 Å². The molecule has 0 amide bonds. The fraction of sp³-hybridized carbons (Fsp3) is 0.0588. The summed E-state index contributed by atoms with van der Waals surface area (Å²) in [6, 6.07) is 20.2. The summed E-state index contributed by atoms with van der Waals surface area (Å²) in [6.45, 7) is 0. The van der Waals surface area contributed by atoms with E-state index in [1.807, 2.05) is 42.6 Å². The Morgan fingerprint density at radius 2 is 1.85 bits per heavy atom. The molecule has 0 bridgehead atoms. The smallest absolute Gasteiger partial charge is 0.0994 e. The minimum absolute atomic E-state index is 0.744. The zero-order chi connectivity index (χ0) is 13.8. The molecule has 0 atom stereocenters. The second kappa shape index (κ2) is 5.77. The van der Waals surface area contributed by atoms with Gasteiger partial charge in [0, 0.05) is 22.2 Å². The average molecular weight is 276 g/mol. The predicted octanol–water partition coefficient (Wildman–Crippen LogP) is 4.40. The molecule has 0 radical (unpaired) electrons. The number of thioether (sulfide) groups is 1. The van der Waals surface area contributed by atoms with Crippen molar-refractivity contribution in [2.45, 2.75) is 10.6 Å². The summed E-state index contributed by atoms with van der Waals surface area (Å²) in [6.07, 6.45) is 1.82. The van der Waals surface area contributed by atoms with Gasteiger partial charge in [-0.25, -0.2) is 0 Å². The molecule has 3 heteroatoms. The van der Waals surface area contributed by atoms with Crippen molar-refractivity contribution in [1.82, 2.24) is 4.98 Å². The lowest BCUT2D eigenvalue weighted by Gasteiger charge is -2.06. The van der Waals surface area contributed by atoms with Crippen LogP contribution in [0, 0.1) is 11.3 Å². The van der Waals surface area contributed by atoms with Crippen molar-refractivity contribution in [2.24, 2.45) is 0 Å². The fourth-order valence-corrected chi connectivity index (χ4v) is 3.15. The van der Waals surface area contributed by atoms with E-state index in [1.54, 1.807) is 11.8 Å². The maximum atomic E-state index is 9.12. The van der Waals surface area contributed by atoms with Gasteiger partial charge >= 0.3 is 0 Å². The van der Waals surface area contributed by atoms with Gasteiger partial charge in [0.2, 0.25) is 0 Å². The minimum atomic E-state index is 0.744. The van der Waals surface area contributed by atoms with Gasteiger partial charge in [-0.2, -0.15) is 5.26 Å². The van der Waals surface area contributed by atoms with Gasteiger partial charge in [-0.15, -0.1) is 11.8 Å². The molecule has 2 nitrogen and oxygen atoms in total. The molecule has 1 aromatic heterocycles. The van der Waals surface area contributed by atoms with Crippen LogP contribution in [0.25, 0.3) is 10.9 Å². The number of hydrogen-bond acceptors (Lipinski definition) is 3. The number of nitriles is 1. The second-order valence-corrected chi connectivity index (χ2v) is 5.41. The van der Waals surface area contributed by atoms with Gasteiger partial charge in [-0.1, -0.05) is 36.4 Å². The van der Waals surface area contributed by atoms with Gasteiger partial charge in [-0.3, -0.25) is 4.98 Å². The van der Waals surface area contributed by atoms with Crippen molar-refractivity contribution < 1.29 is 0 Å². The maximum Gasteiger partial charge on any atom is 0.0994 e. The van der Waals surface area contributed by atoms with E-state index in [1.165, 1.54) is 0 Å². The Morgan fingerprint density at radius 1 is 1.00 bits per heavy atom. The van der Waals surface area contributed by atoms with E-state index in [2.05, 4.69) is 29.3 Å². The van der Waals surface area contributed by atoms with Crippen LogP contribution in [-0.4, -0.2) is 4.98 Å². The standard InChI is InChI=1S/C17H12N2S/c18-11-14-5-1-2-6-15(14)12-20-16-9-3-7-13-8-4-10-19-17(13)16/h1-10H,12H2. The molecule has 0 saturated carbocycles. The Kier molecular flexibility index (Phi) is 3.67. The summed E-state index contributed by atoms with van der Waals surface area (Å²) in [5, 5.41) is 10.3. The summed E-state index contributed by atoms with van der Waals surface area (Å²) in [7, 11) is 0. The molecule has 0 aliphatic carbocycles. The van der Waals surface area contributed by atoms with Gasteiger partial charge in [0.1, 0.15) is 0 Å². The Hall–Kier alpha value is -2.31. The molecule has 2 aromatic carbocycles. The van der Waals surface area contributed by atoms with Crippen molar-refractivity contribution in [3.8, 4) is 6.07 Å². The molecule has 20 heavy (non-hydrogen) atoms. The van der Waals surface area contributed by atoms with Crippen LogP contribution in [0.15, 0.2) is 65.7 Å². The number of fused-ring (bicyclic) bond motifs is 1. The number of benzene rings is 2. The zero-order valence-corrected chi connectivity index (χ0v) is 11.6. The van der Waals surface area contributed by atoms with Gasteiger partial charge in [0.25, 0.3) is 0 Å². The van der Waals surface area contributed by atoms with Crippen LogP contribution in [0.2, 0.25) is 0 Å². The van der Waals surface area contributed by atoms with E-state index >= 15 is 0 Å². The van der Waals surface area contributed by atoms with Crippen molar-refractivity contribution in [1.29, 1.82) is 5.26 Å². The van der Waals surface area contributed by atoms with E-state index in [0.717, 1.165) is 32.7 Å². The van der Waals surface area contributed by atoms with E-state index < -0.39 is 0 Å². The van der Waals surface area contributed by atoms with Crippen LogP contribution in [0.5, 0.6) is 0 Å². The van der Waals surface area contributed by atoms with Crippen LogP contribution >= 0.6 is 11.8 Å². The summed E-state index contributed by atoms with van der Waals surface area (Å²) < 4.78 is 0. The quantitative estimate of drug-likeness (QED) is 0.665. The van der Waals surface area contributed by atoms with Gasteiger partial charge in [0.05, 0.1) is 17.1 Å². The molecule has 3 aromatic rings. The number of nitrogens with zero attached hydrogens (tertiary/aromatic N) is 2. The summed E-state index contributed by atoms with van der Waals surface area (Å²) in [5.41, 5.74) is 2.83. The van der Waals surface area contributed by atoms with E-state index in [4.69, 9.17) is 5.26 Å². The highest BCUT2D eigenvalue weighted by molar-refractivity contribution is 7.98. The molecule has 3 rings (SSSR count). The Morgan fingerprint density at radius 3 is 2.75 bits per heavy atom. The van der Waals surface area contributed by atoms with Crippen molar-refractivity contribution in [3.05, 3.63) is 71.9 Å². The van der Waals surface area contributed by atoms with Gasteiger partial charge in [0.15, 0.2) is 0 Å². The van der Waals surface area contributed by atoms with E-state index in [0.29, 0.717) is 0 Å². The highest BCUT2D eigenvalue weighted by Crippen LogP contribution is 2.29.